The van der Waals surface area contributed by atoms with Gasteiger partial charge in [-0.1, -0.05) is 0 Å². The Kier molecular flexibility index (Phi) is 5.67. The Balaban J connectivity index is 1.93. The zero-order valence-corrected chi connectivity index (χ0v) is 13.7. The Hall–Kier alpha value is -3.42. The van der Waals surface area contributed by atoms with E-state index in [1.165, 1.54) is 31.2 Å². The molecule has 0 saturated carbocycles. The van der Waals surface area contributed by atoms with Crippen LogP contribution in [0.1, 0.15) is 13.8 Å². The Morgan fingerprint density at radius 1 is 1.00 bits per heavy atom. The zero-order chi connectivity index (χ0) is 18.4. The van der Waals surface area contributed by atoms with Crippen molar-refractivity contribution in [3.05, 3.63) is 58.6 Å². The standard InChI is InChI=1S/C17H17N3O5/c1-11(25-16-9-7-15(8-10-16)20(23)24)17(22)19-14-5-3-13(4-6-14)18-12(2)21/h3-11H,1-2H3,(H,18,21)(H,19,22)/t11-/m0/s1. The van der Waals surface area contributed by atoms with Crippen LogP contribution in [0.3, 0.4) is 0 Å². The van der Waals surface area contributed by atoms with E-state index in [1.807, 2.05) is 0 Å². The van der Waals surface area contributed by atoms with E-state index in [9.17, 15) is 19.7 Å². The van der Waals surface area contributed by atoms with Crippen LogP contribution in [0.2, 0.25) is 0 Å². The molecule has 2 rings (SSSR count). The minimum Gasteiger partial charge on any atom is -0.481 e. The number of nitro benzene ring substituents is 1. The summed E-state index contributed by atoms with van der Waals surface area (Å²) in [6.07, 6.45) is -0.795. The van der Waals surface area contributed by atoms with E-state index >= 15 is 0 Å². The van der Waals surface area contributed by atoms with Gasteiger partial charge in [0.15, 0.2) is 6.10 Å². The lowest BCUT2D eigenvalue weighted by Crippen LogP contribution is -2.30. The molecular weight excluding hydrogens is 326 g/mol. The number of carbonyl (C=O) groups excluding carboxylic acids is 2. The van der Waals surface area contributed by atoms with Gasteiger partial charge in [0.25, 0.3) is 11.6 Å². The van der Waals surface area contributed by atoms with Crippen molar-refractivity contribution >= 4 is 28.9 Å². The maximum Gasteiger partial charge on any atom is 0.269 e. The van der Waals surface area contributed by atoms with Gasteiger partial charge in [0, 0.05) is 30.4 Å². The van der Waals surface area contributed by atoms with Gasteiger partial charge in [-0.2, -0.15) is 0 Å². The predicted octanol–water partition coefficient (Wildman–Crippen LogP) is 2.96. The third kappa shape index (κ3) is 5.31. The highest BCUT2D eigenvalue weighted by atomic mass is 16.6. The van der Waals surface area contributed by atoms with Crippen LogP contribution in [0.15, 0.2) is 48.5 Å². The molecule has 0 aromatic heterocycles. The highest BCUT2D eigenvalue weighted by Gasteiger charge is 2.15. The van der Waals surface area contributed by atoms with Crippen LogP contribution in [-0.2, 0) is 9.59 Å². The molecule has 0 aliphatic rings. The summed E-state index contributed by atoms with van der Waals surface area (Å²) in [4.78, 5) is 33.2. The fourth-order valence-electron chi connectivity index (χ4n) is 1.99. The summed E-state index contributed by atoms with van der Waals surface area (Å²) < 4.78 is 5.47. The zero-order valence-electron chi connectivity index (χ0n) is 13.7. The van der Waals surface area contributed by atoms with Crippen LogP contribution < -0.4 is 15.4 Å². The first-order valence-corrected chi connectivity index (χ1v) is 7.45. The maximum absolute atomic E-state index is 12.1. The number of hydrogen-bond donors (Lipinski definition) is 2. The number of rotatable bonds is 6. The van der Waals surface area contributed by atoms with Crippen molar-refractivity contribution < 1.29 is 19.2 Å². The Morgan fingerprint density at radius 2 is 1.52 bits per heavy atom. The second-order valence-electron chi connectivity index (χ2n) is 5.26. The number of anilines is 2. The van der Waals surface area contributed by atoms with Crippen molar-refractivity contribution in [2.45, 2.75) is 20.0 Å². The average Bonchev–Trinajstić information content (AvgIpc) is 2.56. The van der Waals surface area contributed by atoms with Gasteiger partial charge in [-0.25, -0.2) is 0 Å². The topological polar surface area (TPSA) is 111 Å². The van der Waals surface area contributed by atoms with E-state index < -0.39 is 11.0 Å². The van der Waals surface area contributed by atoms with Gasteiger partial charge in [0.1, 0.15) is 5.75 Å². The number of hydrogen-bond acceptors (Lipinski definition) is 5. The molecule has 0 aliphatic carbocycles. The van der Waals surface area contributed by atoms with Crippen LogP contribution in [0.25, 0.3) is 0 Å². The monoisotopic (exact) mass is 343 g/mol. The fraction of sp³-hybridized carbons (Fsp3) is 0.176. The van der Waals surface area contributed by atoms with Gasteiger partial charge < -0.3 is 15.4 Å². The predicted molar refractivity (Wildman–Crippen MR) is 92.6 cm³/mol. The molecule has 25 heavy (non-hydrogen) atoms. The SMILES string of the molecule is CC(=O)Nc1ccc(NC(=O)[C@H](C)Oc2ccc([N+](=O)[O-])cc2)cc1. The smallest absolute Gasteiger partial charge is 0.269 e. The Labute approximate surface area is 144 Å². The first-order valence-electron chi connectivity index (χ1n) is 7.45. The first kappa shape index (κ1) is 17.9. The van der Waals surface area contributed by atoms with E-state index in [4.69, 9.17) is 4.74 Å². The molecule has 0 spiro atoms. The number of amides is 2. The third-order valence-electron chi connectivity index (χ3n) is 3.20. The van der Waals surface area contributed by atoms with E-state index in [0.717, 1.165) is 0 Å². The Bertz CT molecular complexity index is 772. The molecule has 0 heterocycles. The second kappa shape index (κ2) is 7.91. The molecule has 2 N–H and O–H groups in total. The largest absolute Gasteiger partial charge is 0.481 e. The molecule has 0 bridgehead atoms. The van der Waals surface area contributed by atoms with Crippen molar-refractivity contribution in [1.29, 1.82) is 0 Å². The molecule has 0 saturated heterocycles. The molecule has 2 amide bonds. The number of nitrogens with one attached hydrogen (secondary N) is 2. The summed E-state index contributed by atoms with van der Waals surface area (Å²) in [6.45, 7) is 2.98. The lowest BCUT2D eigenvalue weighted by molar-refractivity contribution is -0.384. The second-order valence-corrected chi connectivity index (χ2v) is 5.26. The van der Waals surface area contributed by atoms with Crippen molar-refractivity contribution in [1.82, 2.24) is 0 Å². The van der Waals surface area contributed by atoms with Crippen LogP contribution in [0.4, 0.5) is 17.1 Å². The molecule has 8 nitrogen and oxygen atoms in total. The number of non-ortho nitro benzene ring substituents is 1. The molecule has 2 aromatic carbocycles. The van der Waals surface area contributed by atoms with E-state index in [2.05, 4.69) is 10.6 Å². The normalized spacial score (nSPS) is 11.3. The summed E-state index contributed by atoms with van der Waals surface area (Å²) in [6, 6.07) is 12.1. The molecule has 8 heteroatoms. The maximum atomic E-state index is 12.1. The van der Waals surface area contributed by atoms with E-state index in [1.54, 1.807) is 31.2 Å². The molecular formula is C17H17N3O5. The average molecular weight is 343 g/mol. The number of carbonyl (C=O) groups is 2. The fourth-order valence-corrected chi connectivity index (χ4v) is 1.99. The number of nitrogens with zero attached hydrogens (tertiary/aromatic N) is 1. The van der Waals surface area contributed by atoms with Crippen LogP contribution in [0, 0.1) is 10.1 Å². The summed E-state index contributed by atoms with van der Waals surface area (Å²) in [7, 11) is 0. The van der Waals surface area contributed by atoms with Crippen molar-refractivity contribution in [3.8, 4) is 5.75 Å². The molecule has 1 atom stereocenters. The van der Waals surface area contributed by atoms with E-state index in [-0.39, 0.29) is 17.5 Å². The summed E-state index contributed by atoms with van der Waals surface area (Å²) in [5.74, 6) is -0.193. The van der Waals surface area contributed by atoms with E-state index in [0.29, 0.717) is 17.1 Å². The van der Waals surface area contributed by atoms with Crippen LogP contribution in [-0.4, -0.2) is 22.8 Å². The molecule has 130 valence electrons. The van der Waals surface area contributed by atoms with Crippen molar-refractivity contribution in [3.63, 3.8) is 0 Å². The summed E-state index contributed by atoms with van der Waals surface area (Å²) >= 11 is 0. The highest BCUT2D eigenvalue weighted by molar-refractivity contribution is 5.94. The summed E-state index contributed by atoms with van der Waals surface area (Å²) in [5.41, 5.74) is 1.13. The molecule has 2 aromatic rings. The quantitative estimate of drug-likeness (QED) is 0.619. The lowest BCUT2D eigenvalue weighted by atomic mass is 10.2. The number of benzene rings is 2. The molecule has 0 aliphatic heterocycles. The van der Waals surface area contributed by atoms with Gasteiger partial charge in [0.2, 0.25) is 5.91 Å². The van der Waals surface area contributed by atoms with Crippen LogP contribution >= 0.6 is 0 Å². The van der Waals surface area contributed by atoms with Gasteiger partial charge >= 0.3 is 0 Å². The van der Waals surface area contributed by atoms with Gasteiger partial charge in [-0.15, -0.1) is 0 Å². The van der Waals surface area contributed by atoms with Crippen molar-refractivity contribution in [2.75, 3.05) is 10.6 Å². The number of ether oxygens (including phenoxy) is 1. The number of nitro groups is 1. The van der Waals surface area contributed by atoms with Crippen molar-refractivity contribution in [2.24, 2.45) is 0 Å². The minimum atomic E-state index is -0.795. The first-order chi connectivity index (χ1) is 11.8. The van der Waals surface area contributed by atoms with Gasteiger partial charge in [-0.3, -0.25) is 19.7 Å². The van der Waals surface area contributed by atoms with Crippen LogP contribution in [0.5, 0.6) is 5.75 Å². The lowest BCUT2D eigenvalue weighted by Gasteiger charge is -2.15. The molecule has 0 unspecified atom stereocenters. The molecule has 0 radical (unpaired) electrons. The highest BCUT2D eigenvalue weighted by Crippen LogP contribution is 2.19. The summed E-state index contributed by atoms with van der Waals surface area (Å²) in [5, 5.41) is 15.9. The van der Waals surface area contributed by atoms with Gasteiger partial charge in [-0.05, 0) is 43.3 Å². The molecule has 0 fully saturated rings. The third-order valence-corrected chi connectivity index (χ3v) is 3.20. The van der Waals surface area contributed by atoms with Gasteiger partial charge in [0.05, 0.1) is 4.92 Å². The minimum absolute atomic E-state index is 0.0521. The Morgan fingerprint density at radius 3 is 2.00 bits per heavy atom.